The lowest BCUT2D eigenvalue weighted by atomic mass is 10.0. The Morgan fingerprint density at radius 2 is 0.571 bits per heavy atom. The monoisotopic (exact) mass is 412 g/mol. The van der Waals surface area contributed by atoms with Crippen LogP contribution in [0.4, 0.5) is 0 Å². The maximum Gasteiger partial charge on any atom is 0.00168 e. The summed E-state index contributed by atoms with van der Waals surface area (Å²) < 4.78 is 0. The molecule has 0 spiro atoms. The van der Waals surface area contributed by atoms with E-state index >= 15 is 0 Å². The molecule has 1 heteroatoms. The fourth-order valence-electron chi connectivity index (χ4n) is 4.23. The van der Waals surface area contributed by atoms with Gasteiger partial charge in [-0.25, -0.2) is 0 Å². The Hall–Kier alpha value is 0.350. The van der Waals surface area contributed by atoms with Gasteiger partial charge in [-0.3, -0.25) is 0 Å². The van der Waals surface area contributed by atoms with E-state index in [4.69, 9.17) is 12.6 Å². The van der Waals surface area contributed by atoms with Gasteiger partial charge in [-0.2, -0.15) is 12.6 Å². The lowest BCUT2D eigenvalue weighted by molar-refractivity contribution is 0.522. The van der Waals surface area contributed by atoms with Crippen molar-refractivity contribution in [1.29, 1.82) is 0 Å². The zero-order chi connectivity index (χ0) is 20.5. The van der Waals surface area contributed by atoms with Gasteiger partial charge >= 0.3 is 0 Å². The molecule has 0 aromatic carbocycles. The highest BCUT2D eigenvalue weighted by atomic mass is 32.1. The summed E-state index contributed by atoms with van der Waals surface area (Å²) in [6.45, 7) is 4.60. The molecular formula is C27H56S. The predicted molar refractivity (Wildman–Crippen MR) is 135 cm³/mol. The van der Waals surface area contributed by atoms with Crippen LogP contribution in [0.3, 0.4) is 0 Å². The van der Waals surface area contributed by atoms with E-state index in [0.717, 1.165) is 0 Å². The van der Waals surface area contributed by atoms with Crippen LogP contribution < -0.4 is 0 Å². The summed E-state index contributed by atoms with van der Waals surface area (Å²) in [7, 11) is 0. The van der Waals surface area contributed by atoms with Crippen LogP contribution in [-0.4, -0.2) is 5.25 Å². The number of thiol groups is 1. The average molecular weight is 413 g/mol. The molecule has 0 aliphatic carbocycles. The zero-order valence-corrected chi connectivity index (χ0v) is 20.9. The Bertz CT molecular complexity index is 237. The van der Waals surface area contributed by atoms with E-state index in [2.05, 4.69) is 13.8 Å². The minimum atomic E-state index is 0.664. The third-order valence-corrected chi connectivity index (χ3v) is 6.80. The molecule has 0 nitrogen and oxygen atoms in total. The Labute approximate surface area is 185 Å². The molecule has 0 rings (SSSR count). The second-order valence-electron chi connectivity index (χ2n) is 9.30. The van der Waals surface area contributed by atoms with Gasteiger partial charge in [-0.15, -0.1) is 0 Å². The van der Waals surface area contributed by atoms with Gasteiger partial charge in [-0.1, -0.05) is 155 Å². The Morgan fingerprint density at radius 3 is 0.821 bits per heavy atom. The van der Waals surface area contributed by atoms with Crippen molar-refractivity contribution in [2.45, 2.75) is 173 Å². The molecule has 0 atom stereocenters. The molecule has 0 unspecified atom stereocenters. The van der Waals surface area contributed by atoms with Gasteiger partial charge in [0.15, 0.2) is 0 Å². The standard InChI is InChI=1S/C27H56S/c1-3-5-7-9-11-13-15-17-19-21-23-25-27(28)26-24-22-20-18-16-14-12-10-8-6-4-2/h27-28H,3-26H2,1-2H3. The summed E-state index contributed by atoms with van der Waals surface area (Å²) >= 11 is 4.83. The molecule has 0 radical (unpaired) electrons. The Kier molecular flexibility index (Phi) is 25.7. The largest absolute Gasteiger partial charge is 0.176 e. The Morgan fingerprint density at radius 1 is 0.357 bits per heavy atom. The maximum absolute atomic E-state index is 4.83. The highest BCUT2D eigenvalue weighted by molar-refractivity contribution is 7.80. The minimum absolute atomic E-state index is 0.664. The molecule has 0 amide bonds. The van der Waals surface area contributed by atoms with Crippen molar-refractivity contribution < 1.29 is 0 Å². The first kappa shape index (κ1) is 28.4. The van der Waals surface area contributed by atoms with E-state index in [0.29, 0.717) is 5.25 Å². The first-order valence-corrected chi connectivity index (χ1v) is 14.0. The summed E-state index contributed by atoms with van der Waals surface area (Å²) in [5.74, 6) is 0. The van der Waals surface area contributed by atoms with Gasteiger partial charge in [0.05, 0.1) is 0 Å². The van der Waals surface area contributed by atoms with Crippen LogP contribution in [0.25, 0.3) is 0 Å². The van der Waals surface area contributed by atoms with Crippen LogP contribution in [0.2, 0.25) is 0 Å². The molecule has 170 valence electrons. The number of hydrogen-bond acceptors (Lipinski definition) is 1. The lowest BCUT2D eigenvalue weighted by Crippen LogP contribution is -1.98. The van der Waals surface area contributed by atoms with Crippen molar-refractivity contribution in [3.63, 3.8) is 0 Å². The smallest absolute Gasteiger partial charge is 0.00168 e. The molecule has 0 heterocycles. The summed E-state index contributed by atoms with van der Waals surface area (Å²) in [6.07, 6.45) is 34.5. The van der Waals surface area contributed by atoms with Gasteiger partial charge in [0.1, 0.15) is 0 Å². The second kappa shape index (κ2) is 25.4. The van der Waals surface area contributed by atoms with E-state index in [-0.39, 0.29) is 0 Å². The zero-order valence-electron chi connectivity index (χ0n) is 20.0. The summed E-state index contributed by atoms with van der Waals surface area (Å²) in [5, 5.41) is 0.664. The molecular weight excluding hydrogens is 356 g/mol. The third kappa shape index (κ3) is 24.4. The van der Waals surface area contributed by atoms with Crippen LogP contribution in [-0.2, 0) is 0 Å². The molecule has 28 heavy (non-hydrogen) atoms. The van der Waals surface area contributed by atoms with Crippen LogP contribution in [0.5, 0.6) is 0 Å². The van der Waals surface area contributed by atoms with Gasteiger partial charge in [0.2, 0.25) is 0 Å². The molecule has 0 saturated carbocycles. The van der Waals surface area contributed by atoms with E-state index in [1.54, 1.807) is 0 Å². The summed E-state index contributed by atoms with van der Waals surface area (Å²) in [6, 6.07) is 0. The average Bonchev–Trinajstić information content (AvgIpc) is 2.70. The van der Waals surface area contributed by atoms with Crippen molar-refractivity contribution in [2.24, 2.45) is 0 Å². The van der Waals surface area contributed by atoms with Crippen LogP contribution in [0, 0.1) is 0 Å². The number of unbranched alkanes of at least 4 members (excludes halogenated alkanes) is 20. The third-order valence-electron chi connectivity index (χ3n) is 6.28. The Balaban J connectivity index is 3.12. The molecule has 0 aliphatic rings. The van der Waals surface area contributed by atoms with Crippen LogP contribution >= 0.6 is 12.6 Å². The summed E-state index contributed by atoms with van der Waals surface area (Å²) in [4.78, 5) is 0. The van der Waals surface area contributed by atoms with Gasteiger partial charge in [0, 0.05) is 5.25 Å². The molecule has 0 bridgehead atoms. The fourth-order valence-corrected chi connectivity index (χ4v) is 4.60. The number of rotatable bonds is 24. The van der Waals surface area contributed by atoms with Crippen molar-refractivity contribution in [1.82, 2.24) is 0 Å². The molecule has 0 saturated heterocycles. The predicted octanol–water partition coefficient (Wildman–Crippen LogP) is 10.7. The van der Waals surface area contributed by atoms with Crippen LogP contribution in [0.1, 0.15) is 168 Å². The molecule has 0 aliphatic heterocycles. The van der Waals surface area contributed by atoms with E-state index < -0.39 is 0 Å². The second-order valence-corrected chi connectivity index (χ2v) is 10.0. The first-order chi connectivity index (χ1) is 13.8. The SMILES string of the molecule is CCCCCCCCCCCCCC(S)CCCCCCCCCCCCC. The van der Waals surface area contributed by atoms with Crippen molar-refractivity contribution >= 4 is 12.6 Å². The van der Waals surface area contributed by atoms with Crippen LogP contribution in [0.15, 0.2) is 0 Å². The topological polar surface area (TPSA) is 0 Å². The van der Waals surface area contributed by atoms with Gasteiger partial charge < -0.3 is 0 Å². The van der Waals surface area contributed by atoms with Gasteiger partial charge in [-0.05, 0) is 12.8 Å². The molecule has 0 aromatic heterocycles. The summed E-state index contributed by atoms with van der Waals surface area (Å²) in [5.41, 5.74) is 0. The maximum atomic E-state index is 4.83. The first-order valence-electron chi connectivity index (χ1n) is 13.5. The van der Waals surface area contributed by atoms with E-state index in [1.165, 1.54) is 154 Å². The molecule has 0 fully saturated rings. The van der Waals surface area contributed by atoms with Crippen molar-refractivity contribution in [3.8, 4) is 0 Å². The minimum Gasteiger partial charge on any atom is -0.176 e. The normalized spacial score (nSPS) is 11.6. The number of hydrogen-bond donors (Lipinski definition) is 1. The highest BCUT2D eigenvalue weighted by Crippen LogP contribution is 2.18. The van der Waals surface area contributed by atoms with Crippen molar-refractivity contribution in [3.05, 3.63) is 0 Å². The van der Waals surface area contributed by atoms with Crippen molar-refractivity contribution in [2.75, 3.05) is 0 Å². The van der Waals surface area contributed by atoms with Gasteiger partial charge in [0.25, 0.3) is 0 Å². The molecule has 0 N–H and O–H groups in total. The quantitative estimate of drug-likeness (QED) is 0.118. The lowest BCUT2D eigenvalue weighted by Gasteiger charge is -2.10. The molecule has 0 aromatic rings. The van der Waals surface area contributed by atoms with E-state index in [1.807, 2.05) is 0 Å². The fraction of sp³-hybridized carbons (Fsp3) is 1.00. The van der Waals surface area contributed by atoms with E-state index in [9.17, 15) is 0 Å². The highest BCUT2D eigenvalue weighted by Gasteiger charge is 2.03.